The second-order valence-corrected chi connectivity index (χ2v) is 30.0. The average molecular weight is 1770 g/mol. The van der Waals surface area contributed by atoms with Gasteiger partial charge in [-0.3, -0.25) is 67.1 Å². The van der Waals surface area contributed by atoms with Crippen LogP contribution >= 0.6 is 15.9 Å². The number of amides is 14. The summed E-state index contributed by atoms with van der Waals surface area (Å²) in [5.41, 5.74) is 12.3. The molecule has 0 aliphatic carbocycles. The van der Waals surface area contributed by atoms with Gasteiger partial charge in [-0.25, -0.2) is 13.9 Å². The van der Waals surface area contributed by atoms with Gasteiger partial charge in [0.05, 0.1) is 63.6 Å². The van der Waals surface area contributed by atoms with E-state index in [2.05, 4.69) is 69.1 Å². The third kappa shape index (κ3) is 27.7. The van der Waals surface area contributed by atoms with E-state index in [4.69, 9.17) is 16.2 Å². The highest BCUT2D eigenvalue weighted by molar-refractivity contribution is 9.10. The Morgan fingerprint density at radius 3 is 1.76 bits per heavy atom. The lowest BCUT2D eigenvalue weighted by Crippen LogP contribution is -2.64. The second-order valence-electron chi connectivity index (χ2n) is 29.1. The summed E-state index contributed by atoms with van der Waals surface area (Å²) in [6, 6.07) is -1.43. The number of nitrogens with one attached hydrogen (secondary N) is 12. The third-order valence-corrected chi connectivity index (χ3v) is 20.2. The number of nitrogens with two attached hydrogens (primary N) is 2. The Morgan fingerprint density at radius 1 is 0.587 bits per heavy atom. The molecule has 22 atom stereocenters. The van der Waals surface area contributed by atoms with Crippen molar-refractivity contribution in [1.82, 2.24) is 68.4 Å². The van der Waals surface area contributed by atoms with Crippen LogP contribution in [0, 0.1) is 0 Å². The van der Waals surface area contributed by atoms with Crippen LogP contribution in [0.3, 0.4) is 0 Å². The number of rotatable bonds is 18. The first-order valence-corrected chi connectivity index (χ1v) is 38.6. The Balaban J connectivity index is 1.46. The number of allylic oxidation sites excluding steroid dienone is 2. The number of fused-ring (bicyclic) bond motifs is 2. The molecular formula is C76H100BrN16O28+. The molecule has 658 valence electrons. The number of nitrogens with zero attached hydrogens (tertiary/aromatic N) is 2. The SMILES string of the molecule is CC(/C=C/c1ccccc1)=C\[C@H](O)[C@H]1CC(=O)N[C@@H](CO)C(=O)N[C@@H]2Cn3cc([n+]([C@@H]4O[C@H](CO)[C@H](O)[C@H](O)[C@H]4O)c3)C[C@H](NC(=O)C[C@H](O)C[C@@H](C(=O)O)NC(=O)[C@@H](O)CNC(=O)[C@@H]([C@@H](C)c3ccc(Br)cc3)NC(=O)[C@@H]([C@@H](O)C(N)=O)NC(=O)[C@H](CC(N)=O)NC2=O)C(=O)N[C@@H]([C@H](C)O)C(=O)N[C@@H](CO)C(=O)N[C@@H](Cc2ccccc2)C(=O)N1. The molecule has 4 heterocycles. The molecule has 1 fully saturated rings. The van der Waals surface area contributed by atoms with Gasteiger partial charge in [-0.15, -0.1) is 0 Å². The Kier molecular flexibility index (Phi) is 36.0. The number of hydrogen-bond acceptors (Lipinski definition) is 27. The van der Waals surface area contributed by atoms with Gasteiger partial charge in [0.15, 0.2) is 6.10 Å². The zero-order valence-corrected chi connectivity index (χ0v) is 66.9. The molecule has 14 amide bonds. The number of ether oxygens (including phenoxy) is 1. The maximum Gasteiger partial charge on any atom is 0.326 e. The molecule has 0 unspecified atom stereocenters. The van der Waals surface area contributed by atoms with Gasteiger partial charge in [0.1, 0.15) is 109 Å². The summed E-state index contributed by atoms with van der Waals surface area (Å²) in [4.78, 5) is 215. The second kappa shape index (κ2) is 45.2. The van der Waals surface area contributed by atoms with Crippen LogP contribution in [0.2, 0.25) is 0 Å². The number of carboxylic acid groups (broad SMARTS) is 1. The molecule has 28 N–H and O–H groups in total. The summed E-state index contributed by atoms with van der Waals surface area (Å²) in [6.45, 7) is -2.13. The Bertz CT molecular complexity index is 4430. The number of carboxylic acids is 1. The normalized spacial score (nSPS) is 28.8. The van der Waals surface area contributed by atoms with Crippen molar-refractivity contribution in [2.24, 2.45) is 11.5 Å². The van der Waals surface area contributed by atoms with E-state index >= 15 is 9.59 Å². The number of β-amino-alcohol motifs (C(OH)–C–C–N with tert-alkyl or cyclic N) is 1. The Hall–Kier alpha value is -11.6. The lowest BCUT2D eigenvalue weighted by Gasteiger charge is -2.38. The highest BCUT2D eigenvalue weighted by Crippen LogP contribution is 2.27. The minimum absolute atomic E-state index is 0.261. The fraction of sp³-hybridized carbons (Fsp3) is 0.474. The molecule has 45 heteroatoms. The third-order valence-electron chi connectivity index (χ3n) is 19.7. The summed E-state index contributed by atoms with van der Waals surface area (Å²) >= 11 is 3.28. The summed E-state index contributed by atoms with van der Waals surface area (Å²) < 4.78 is 8.15. The summed E-state index contributed by atoms with van der Waals surface area (Å²) in [6.07, 6.45) is -21.6. The number of aromatic nitrogens is 2. The van der Waals surface area contributed by atoms with Crippen molar-refractivity contribution in [2.75, 3.05) is 26.4 Å². The van der Waals surface area contributed by atoms with E-state index in [-0.39, 0.29) is 5.56 Å². The molecule has 0 saturated carbocycles. The lowest BCUT2D eigenvalue weighted by atomic mass is 9.92. The van der Waals surface area contributed by atoms with E-state index in [0.29, 0.717) is 21.2 Å². The van der Waals surface area contributed by atoms with Gasteiger partial charge >= 0.3 is 5.97 Å². The molecule has 44 nitrogen and oxygen atoms in total. The zero-order chi connectivity index (χ0) is 89.4. The standard InChI is InChI=1S/C76H99BrN16O28/c1-34(14-15-37-10-6-4-7-11-37)20-51(99)43-26-56(103)82-49(30-94)69(113)87-48-29-92-28-41(93(33-92)75-63(107)62(106)60(104)53(32-96)121-75)22-45(66(110)90-58(36(3)97)73(117)88-50(31-95)70(114)84-44(65(109)83-43)21-38-12-8-5-9-13-38)81-55(102)24-42(98)23-47(76(119)120)86-71(115)52(100)27-80-72(116)57(35(2)39-16-18-40(77)19-17-39)89-74(118)59(61(105)64(79)108)91-67(111)46(25-54(78)101)85-68(48)112/h4-20,28,33,35-36,42-53,57-63,75,94-100,104-107H,21-27,29-32H2,1-3H3,(H16-,78,79,80,81,82,83,84,85,86,87,88,89,90,91,101,102,103,108,109,110,111,112,113,114,115,116,117,118,119,120)/p+1/b15-14+,34-20+/t35-,36-,42+,43+,44-,45-,46-,47-,48+,49-,50-,51-,52-,53+,57+,58-,59+,60-,61+,62-,63+,75+/m0/s1. The van der Waals surface area contributed by atoms with Gasteiger partial charge in [-0.2, -0.15) is 0 Å². The van der Waals surface area contributed by atoms with Gasteiger partial charge < -0.3 is 141 Å². The Labute approximate surface area is 697 Å². The molecule has 3 aliphatic rings. The average Bonchev–Trinajstić information content (AvgIpc) is 1.72. The number of primary amides is 2. The molecule has 7 rings (SSSR count). The van der Waals surface area contributed by atoms with Crippen LogP contribution in [0.1, 0.15) is 81.0 Å². The molecule has 3 aromatic carbocycles. The minimum atomic E-state index is -2.78. The van der Waals surface area contributed by atoms with E-state index in [9.17, 15) is 124 Å². The van der Waals surface area contributed by atoms with Gasteiger partial charge in [-0.05, 0) is 42.7 Å². The summed E-state index contributed by atoms with van der Waals surface area (Å²) in [5.74, 6) is -23.7. The van der Waals surface area contributed by atoms with Gasteiger partial charge in [0, 0.05) is 36.1 Å². The van der Waals surface area contributed by atoms with Crippen molar-refractivity contribution in [3.8, 4) is 0 Å². The lowest BCUT2D eigenvalue weighted by molar-refractivity contribution is -0.783. The number of hydrogen-bond donors (Lipinski definition) is 26. The molecule has 1 aromatic heterocycles. The number of aliphatic hydroxyl groups is 11. The van der Waals surface area contributed by atoms with Crippen LogP contribution in [-0.2, 0) is 96.0 Å². The van der Waals surface area contributed by atoms with Crippen LogP contribution in [0.15, 0.2) is 120 Å². The summed E-state index contributed by atoms with van der Waals surface area (Å²) in [7, 11) is 0. The molecule has 1 saturated heterocycles. The first-order valence-electron chi connectivity index (χ1n) is 37.8. The number of aliphatic carboxylic acids is 1. The monoisotopic (exact) mass is 1760 g/mol. The van der Waals surface area contributed by atoms with E-state index < -0.39 is 299 Å². The number of aliphatic hydroxyl groups excluding tert-OH is 11. The van der Waals surface area contributed by atoms with Crippen molar-refractivity contribution >= 4 is 111 Å². The van der Waals surface area contributed by atoms with Gasteiger partial charge in [0.25, 0.3) is 5.91 Å². The number of benzene rings is 3. The molecule has 0 radical (unpaired) electrons. The van der Waals surface area contributed by atoms with Crippen molar-refractivity contribution < 1.29 is 143 Å². The molecular weight excluding hydrogens is 1660 g/mol. The number of halogens is 1. The van der Waals surface area contributed by atoms with Crippen LogP contribution in [0.4, 0.5) is 0 Å². The molecule has 4 bridgehead atoms. The Morgan fingerprint density at radius 2 is 1.15 bits per heavy atom. The molecule has 4 aromatic rings. The predicted molar refractivity (Wildman–Crippen MR) is 418 cm³/mol. The molecule has 0 spiro atoms. The smallest absolute Gasteiger partial charge is 0.326 e. The van der Waals surface area contributed by atoms with Crippen molar-refractivity contribution in [2.45, 2.75) is 199 Å². The molecule has 3 aliphatic heterocycles. The van der Waals surface area contributed by atoms with E-state index in [1.807, 2.05) is 10.6 Å². The summed E-state index contributed by atoms with van der Waals surface area (Å²) in [5, 5.41) is 160. The van der Waals surface area contributed by atoms with E-state index in [1.165, 1.54) is 56.3 Å². The maximum absolute atomic E-state index is 15.4. The van der Waals surface area contributed by atoms with Crippen molar-refractivity contribution in [1.29, 1.82) is 0 Å². The van der Waals surface area contributed by atoms with Gasteiger partial charge in [0.2, 0.25) is 89.3 Å². The fourth-order valence-corrected chi connectivity index (χ4v) is 13.3. The fourth-order valence-electron chi connectivity index (χ4n) is 13.0. The first kappa shape index (κ1) is 96.5. The van der Waals surface area contributed by atoms with Crippen LogP contribution in [-0.4, -0.2) is 302 Å². The highest BCUT2D eigenvalue weighted by Gasteiger charge is 2.49. The van der Waals surface area contributed by atoms with Crippen LogP contribution in [0.5, 0.6) is 0 Å². The van der Waals surface area contributed by atoms with Crippen LogP contribution in [0.25, 0.3) is 6.08 Å². The quantitative estimate of drug-likeness (QED) is 0.0325. The number of carbonyl (C=O) groups excluding carboxylic acids is 14. The van der Waals surface area contributed by atoms with Crippen LogP contribution < -0.4 is 79.8 Å². The topological polar surface area (TPSA) is 713 Å². The van der Waals surface area contributed by atoms with Crippen molar-refractivity contribution in [3.05, 3.63) is 142 Å². The minimum Gasteiger partial charge on any atom is -0.480 e. The van der Waals surface area contributed by atoms with Gasteiger partial charge in [-0.1, -0.05) is 119 Å². The maximum atomic E-state index is 15.4. The van der Waals surface area contributed by atoms with Crippen molar-refractivity contribution in [3.63, 3.8) is 0 Å². The number of imidazole rings is 1. The predicted octanol–water partition coefficient (Wildman–Crippen LogP) is -11.3. The first-order chi connectivity index (χ1) is 57.2. The van der Waals surface area contributed by atoms with E-state index in [1.54, 1.807) is 60.7 Å². The molecule has 121 heavy (non-hydrogen) atoms. The van der Waals surface area contributed by atoms with E-state index in [0.717, 1.165) is 28.6 Å². The zero-order valence-electron chi connectivity index (χ0n) is 65.3. The highest BCUT2D eigenvalue weighted by atomic mass is 79.9. The largest absolute Gasteiger partial charge is 0.480 e. The number of carbonyl (C=O) groups is 15.